The Morgan fingerprint density at radius 1 is 1.35 bits per heavy atom. The number of likely N-dealkylation sites (tertiary alicyclic amines) is 1. The zero-order valence-electron chi connectivity index (χ0n) is 14.9. The van der Waals surface area contributed by atoms with Crippen molar-refractivity contribution in [3.8, 4) is 0 Å². The molecule has 23 heavy (non-hydrogen) atoms. The summed E-state index contributed by atoms with van der Waals surface area (Å²) in [6.45, 7) is 8.29. The third-order valence-corrected chi connectivity index (χ3v) is 5.42. The summed E-state index contributed by atoms with van der Waals surface area (Å²) in [4.78, 5) is 6.57. The molecule has 1 aliphatic rings. The Morgan fingerprint density at radius 3 is 2.48 bits per heavy atom. The molecule has 8 heteroatoms. The predicted octanol–water partition coefficient (Wildman–Crippen LogP) is 0.734. The van der Waals surface area contributed by atoms with Crippen molar-refractivity contribution in [2.75, 3.05) is 52.6 Å². The van der Waals surface area contributed by atoms with Crippen molar-refractivity contribution in [2.45, 2.75) is 39.2 Å². The van der Waals surface area contributed by atoms with Gasteiger partial charge in [0.1, 0.15) is 0 Å². The van der Waals surface area contributed by atoms with Crippen molar-refractivity contribution in [3.63, 3.8) is 0 Å². The normalized spacial score (nSPS) is 17.8. The van der Waals surface area contributed by atoms with Gasteiger partial charge in [-0.1, -0.05) is 6.92 Å². The molecule has 0 atom stereocenters. The fourth-order valence-electron chi connectivity index (χ4n) is 2.82. The maximum absolute atomic E-state index is 11.5. The molecule has 1 fully saturated rings. The first-order chi connectivity index (χ1) is 10.9. The van der Waals surface area contributed by atoms with Crippen LogP contribution in [0, 0.1) is 0 Å². The van der Waals surface area contributed by atoms with E-state index in [0.29, 0.717) is 25.7 Å². The third-order valence-electron chi connectivity index (χ3n) is 4.04. The van der Waals surface area contributed by atoms with E-state index in [1.807, 2.05) is 13.8 Å². The van der Waals surface area contributed by atoms with Crippen molar-refractivity contribution in [1.82, 2.24) is 14.5 Å². The van der Waals surface area contributed by atoms with E-state index < -0.39 is 10.0 Å². The van der Waals surface area contributed by atoms with Gasteiger partial charge in [0.15, 0.2) is 5.96 Å². The van der Waals surface area contributed by atoms with E-state index in [-0.39, 0.29) is 0 Å². The van der Waals surface area contributed by atoms with Gasteiger partial charge in [-0.15, -0.1) is 0 Å². The van der Waals surface area contributed by atoms with Crippen molar-refractivity contribution in [3.05, 3.63) is 0 Å². The highest BCUT2D eigenvalue weighted by Crippen LogP contribution is 2.13. The molecular formula is C15H32N4O3S. The maximum atomic E-state index is 11.5. The first kappa shape index (κ1) is 20.2. The van der Waals surface area contributed by atoms with Crippen LogP contribution in [-0.4, -0.2) is 82.3 Å². The van der Waals surface area contributed by atoms with Gasteiger partial charge in [-0.25, -0.2) is 12.7 Å². The number of guanidine groups is 1. The number of ether oxygens (including phenoxy) is 1. The molecule has 1 rings (SSSR count). The Balaban J connectivity index is 2.33. The van der Waals surface area contributed by atoms with Crippen LogP contribution in [0.2, 0.25) is 0 Å². The molecule has 0 bridgehead atoms. The molecule has 0 aromatic rings. The minimum atomic E-state index is -3.10. The molecule has 1 saturated heterocycles. The molecule has 0 saturated carbocycles. The first-order valence-electron chi connectivity index (χ1n) is 8.44. The summed E-state index contributed by atoms with van der Waals surface area (Å²) in [5.74, 6) is 0.891. The summed E-state index contributed by atoms with van der Waals surface area (Å²) in [6.07, 6.45) is 4.42. The van der Waals surface area contributed by atoms with Crippen molar-refractivity contribution < 1.29 is 13.2 Å². The number of rotatable bonds is 8. The van der Waals surface area contributed by atoms with Gasteiger partial charge in [0, 0.05) is 46.4 Å². The van der Waals surface area contributed by atoms with Gasteiger partial charge in [-0.3, -0.25) is 4.99 Å². The standard InChI is InChI=1S/C15H32N4O3S/c1-5-19(23(4,20)21)11-7-10-17-15(16-3)18-12-8-14(9-13-18)22-6-2/h14H,5-13H2,1-4H3,(H,16,17). The zero-order valence-corrected chi connectivity index (χ0v) is 15.7. The van der Waals surface area contributed by atoms with E-state index in [2.05, 4.69) is 15.2 Å². The molecule has 0 aromatic heterocycles. The highest BCUT2D eigenvalue weighted by molar-refractivity contribution is 7.88. The Labute approximate surface area is 141 Å². The summed E-state index contributed by atoms with van der Waals surface area (Å²) in [5, 5.41) is 3.33. The second kappa shape index (κ2) is 10.1. The van der Waals surface area contributed by atoms with E-state index >= 15 is 0 Å². The number of hydrogen-bond acceptors (Lipinski definition) is 4. The van der Waals surface area contributed by atoms with Gasteiger partial charge in [-0.05, 0) is 26.2 Å². The van der Waals surface area contributed by atoms with E-state index in [1.54, 1.807) is 7.05 Å². The summed E-state index contributed by atoms with van der Waals surface area (Å²) in [5.41, 5.74) is 0. The van der Waals surface area contributed by atoms with Crippen molar-refractivity contribution in [1.29, 1.82) is 0 Å². The lowest BCUT2D eigenvalue weighted by Crippen LogP contribution is -2.47. The number of piperidine rings is 1. The molecule has 1 heterocycles. The molecule has 0 aromatic carbocycles. The fraction of sp³-hybridized carbons (Fsp3) is 0.933. The number of hydrogen-bond donors (Lipinski definition) is 1. The summed E-state index contributed by atoms with van der Waals surface area (Å²) < 4.78 is 30.2. The Morgan fingerprint density at radius 2 is 2.00 bits per heavy atom. The number of nitrogens with zero attached hydrogens (tertiary/aromatic N) is 3. The van der Waals surface area contributed by atoms with Crippen molar-refractivity contribution >= 4 is 16.0 Å². The molecule has 7 nitrogen and oxygen atoms in total. The molecule has 0 spiro atoms. The SMILES string of the molecule is CCOC1CCN(C(=NC)NCCCN(CC)S(C)(=O)=O)CC1. The van der Waals surface area contributed by atoms with E-state index in [0.717, 1.165) is 44.9 Å². The van der Waals surface area contributed by atoms with Crippen LogP contribution in [0.25, 0.3) is 0 Å². The van der Waals surface area contributed by atoms with Crippen LogP contribution < -0.4 is 5.32 Å². The predicted molar refractivity (Wildman–Crippen MR) is 94.3 cm³/mol. The third kappa shape index (κ3) is 7.05. The quantitative estimate of drug-likeness (QED) is 0.398. The molecular weight excluding hydrogens is 316 g/mol. The largest absolute Gasteiger partial charge is 0.378 e. The average molecular weight is 349 g/mol. The van der Waals surface area contributed by atoms with Crippen LogP contribution in [0.4, 0.5) is 0 Å². The molecule has 0 aliphatic carbocycles. The van der Waals surface area contributed by atoms with Gasteiger partial charge in [0.05, 0.1) is 12.4 Å². The monoisotopic (exact) mass is 348 g/mol. The Kier molecular flexibility index (Phi) is 8.86. The molecule has 0 radical (unpaired) electrons. The van der Waals surface area contributed by atoms with Gasteiger partial charge >= 0.3 is 0 Å². The highest BCUT2D eigenvalue weighted by Gasteiger charge is 2.21. The number of nitrogens with one attached hydrogen (secondary N) is 1. The maximum Gasteiger partial charge on any atom is 0.211 e. The minimum Gasteiger partial charge on any atom is -0.378 e. The van der Waals surface area contributed by atoms with Crippen LogP contribution in [0.5, 0.6) is 0 Å². The second-order valence-electron chi connectivity index (χ2n) is 5.72. The average Bonchev–Trinajstić information content (AvgIpc) is 2.51. The van der Waals surface area contributed by atoms with E-state index in [4.69, 9.17) is 4.74 Å². The summed E-state index contributed by atoms with van der Waals surface area (Å²) in [6, 6.07) is 0. The molecule has 1 aliphatic heterocycles. The molecule has 1 N–H and O–H groups in total. The lowest BCUT2D eigenvalue weighted by molar-refractivity contribution is 0.0264. The number of sulfonamides is 1. The zero-order chi connectivity index (χ0) is 17.3. The topological polar surface area (TPSA) is 74.2 Å². The van der Waals surface area contributed by atoms with Gasteiger partial charge in [0.25, 0.3) is 0 Å². The van der Waals surface area contributed by atoms with Gasteiger partial charge < -0.3 is 15.0 Å². The van der Waals surface area contributed by atoms with E-state index in [1.165, 1.54) is 10.6 Å². The first-order valence-corrected chi connectivity index (χ1v) is 10.3. The van der Waals surface area contributed by atoms with Crippen molar-refractivity contribution in [2.24, 2.45) is 4.99 Å². The summed E-state index contributed by atoms with van der Waals surface area (Å²) in [7, 11) is -1.32. The smallest absolute Gasteiger partial charge is 0.211 e. The number of aliphatic imine (C=N–C) groups is 1. The van der Waals surface area contributed by atoms with Crippen LogP contribution >= 0.6 is 0 Å². The van der Waals surface area contributed by atoms with Crippen LogP contribution in [0.1, 0.15) is 33.1 Å². The summed E-state index contributed by atoms with van der Waals surface area (Å²) >= 11 is 0. The lowest BCUT2D eigenvalue weighted by atomic mass is 10.1. The minimum absolute atomic E-state index is 0.363. The van der Waals surface area contributed by atoms with Crippen LogP contribution in [0.15, 0.2) is 4.99 Å². The van der Waals surface area contributed by atoms with E-state index in [9.17, 15) is 8.42 Å². The molecule has 136 valence electrons. The van der Waals surface area contributed by atoms with Gasteiger partial charge in [-0.2, -0.15) is 0 Å². The van der Waals surface area contributed by atoms with Crippen LogP contribution in [0.3, 0.4) is 0 Å². The molecule has 0 amide bonds. The fourth-order valence-corrected chi connectivity index (χ4v) is 3.75. The second-order valence-corrected chi connectivity index (χ2v) is 7.71. The van der Waals surface area contributed by atoms with Gasteiger partial charge in [0.2, 0.25) is 10.0 Å². The molecule has 0 unspecified atom stereocenters. The lowest BCUT2D eigenvalue weighted by Gasteiger charge is -2.34. The highest BCUT2D eigenvalue weighted by atomic mass is 32.2. The van der Waals surface area contributed by atoms with Crippen LogP contribution in [-0.2, 0) is 14.8 Å². The Bertz CT molecular complexity index is 459. The Hall–Kier alpha value is -0.860.